The molecule has 3 aromatic rings. The smallest absolute Gasteiger partial charge is 0.253 e. The van der Waals surface area contributed by atoms with E-state index < -0.39 is 0 Å². The van der Waals surface area contributed by atoms with Crippen LogP contribution in [0, 0.1) is 0 Å². The normalized spacial score (nSPS) is 17.1. The van der Waals surface area contributed by atoms with Gasteiger partial charge in [0, 0.05) is 56.7 Å². The van der Waals surface area contributed by atoms with E-state index in [-0.39, 0.29) is 24.5 Å². The molecule has 1 N–H and O–H groups in total. The van der Waals surface area contributed by atoms with Crippen LogP contribution in [-0.2, 0) is 7.86 Å². The number of nitrogens with one attached hydrogen (secondary N) is 1. The van der Waals surface area contributed by atoms with Crippen molar-refractivity contribution in [2.45, 2.75) is 18.9 Å². The zero-order chi connectivity index (χ0) is 26.6. The van der Waals surface area contributed by atoms with E-state index >= 15 is 0 Å². The maximum atomic E-state index is 13.0. The van der Waals surface area contributed by atoms with Gasteiger partial charge in [0.2, 0.25) is 11.9 Å². The van der Waals surface area contributed by atoms with E-state index in [2.05, 4.69) is 27.3 Å². The molecule has 2 aromatic heterocycles. The highest BCUT2D eigenvalue weighted by molar-refractivity contribution is 14.1. The van der Waals surface area contributed by atoms with Crippen LogP contribution in [0.2, 0.25) is 0 Å². The van der Waals surface area contributed by atoms with Gasteiger partial charge >= 0.3 is 0 Å². The summed E-state index contributed by atoms with van der Waals surface area (Å²) in [6.07, 6.45) is 3.87. The average Bonchev–Trinajstić information content (AvgIpc) is 3.36. The van der Waals surface area contributed by atoms with E-state index in [0.717, 1.165) is 43.0 Å². The fourth-order valence-electron chi connectivity index (χ4n) is 5.10. The lowest BCUT2D eigenvalue weighted by Crippen LogP contribution is -2.49. The van der Waals surface area contributed by atoms with Crippen LogP contribution in [0.25, 0.3) is 5.65 Å². The van der Waals surface area contributed by atoms with Gasteiger partial charge in [0.25, 0.3) is 5.91 Å². The first-order chi connectivity index (χ1) is 18.4. The Morgan fingerprint density at radius 2 is 1.79 bits per heavy atom. The first-order valence-corrected chi connectivity index (χ1v) is 13.8. The number of halogens is 1. The van der Waals surface area contributed by atoms with Crippen LogP contribution in [0.5, 0.6) is 0 Å². The molecule has 2 amide bonds. The quantitative estimate of drug-likeness (QED) is 0.398. The van der Waals surface area contributed by atoms with E-state index in [1.807, 2.05) is 59.4 Å². The van der Waals surface area contributed by atoms with Crippen molar-refractivity contribution in [3.63, 3.8) is 0 Å². The fourth-order valence-corrected chi connectivity index (χ4v) is 5.37. The summed E-state index contributed by atoms with van der Waals surface area (Å²) in [5.41, 5.74) is 3.20. The molecule has 0 atom stereocenters. The summed E-state index contributed by atoms with van der Waals surface area (Å²) in [6, 6.07) is 11.7. The highest BCUT2D eigenvalue weighted by atomic mass is 127. The first-order valence-electron chi connectivity index (χ1n) is 12.9. The number of pyridine rings is 1. The monoisotopic (exact) mass is 632 g/mol. The van der Waals surface area contributed by atoms with E-state index in [1.165, 1.54) is 0 Å². The van der Waals surface area contributed by atoms with Gasteiger partial charge in [-0.05, 0) is 69.4 Å². The predicted molar refractivity (Wildman–Crippen MR) is 154 cm³/mol. The van der Waals surface area contributed by atoms with Crippen molar-refractivity contribution in [2.75, 3.05) is 70.2 Å². The van der Waals surface area contributed by atoms with Crippen molar-refractivity contribution in [1.29, 1.82) is 0 Å². The first kappa shape index (κ1) is 26.6. The molecule has 0 aliphatic carbocycles. The molecule has 0 bridgehead atoms. The van der Waals surface area contributed by atoms with Crippen LogP contribution in [0.15, 0.2) is 42.6 Å². The van der Waals surface area contributed by atoms with Crippen molar-refractivity contribution in [1.82, 2.24) is 29.3 Å². The van der Waals surface area contributed by atoms with Crippen LogP contribution in [0.3, 0.4) is 0 Å². The number of hydrogen-bond donors (Lipinski definition) is 1. The molecular formula is C26H33IN8O3. The predicted octanol–water partition coefficient (Wildman–Crippen LogP) is 2.65. The summed E-state index contributed by atoms with van der Waals surface area (Å²) >= 11 is 1.75. The van der Waals surface area contributed by atoms with Gasteiger partial charge in [-0.15, -0.1) is 5.10 Å². The molecule has 2 aliphatic heterocycles. The van der Waals surface area contributed by atoms with Crippen molar-refractivity contribution < 1.29 is 12.7 Å². The summed E-state index contributed by atoms with van der Waals surface area (Å²) in [6.45, 7) is 4.83. The van der Waals surface area contributed by atoms with Gasteiger partial charge in [-0.25, -0.2) is 4.52 Å². The number of anilines is 3. The lowest BCUT2D eigenvalue weighted by Gasteiger charge is -2.35. The second-order valence-corrected chi connectivity index (χ2v) is 10.5. The maximum Gasteiger partial charge on any atom is 0.253 e. The van der Waals surface area contributed by atoms with E-state index in [0.29, 0.717) is 37.7 Å². The van der Waals surface area contributed by atoms with Crippen LogP contribution >= 0.6 is 23.0 Å². The third-order valence-electron chi connectivity index (χ3n) is 7.44. The average molecular weight is 633 g/mol. The summed E-state index contributed by atoms with van der Waals surface area (Å²) < 4.78 is 6.71. The zero-order valence-corrected chi connectivity index (χ0v) is 23.9. The minimum absolute atomic E-state index is 0.00686. The third-order valence-corrected chi connectivity index (χ3v) is 7.75. The van der Waals surface area contributed by atoms with Gasteiger partial charge in [0.1, 0.15) is 29.6 Å². The van der Waals surface area contributed by atoms with Crippen molar-refractivity contribution in [2.24, 2.45) is 0 Å². The summed E-state index contributed by atoms with van der Waals surface area (Å²) in [5, 5.41) is 7.85. The number of aromatic nitrogens is 3. The number of carbonyl (C=O) groups excluding carboxylic acids is 2. The number of benzene rings is 1. The molecule has 11 nitrogen and oxygen atoms in total. The van der Waals surface area contributed by atoms with Crippen molar-refractivity contribution >= 4 is 57.8 Å². The number of amides is 2. The van der Waals surface area contributed by atoms with Crippen molar-refractivity contribution in [3.8, 4) is 0 Å². The molecule has 38 heavy (non-hydrogen) atoms. The molecule has 2 fully saturated rings. The Balaban J connectivity index is 1.23. The van der Waals surface area contributed by atoms with E-state index in [9.17, 15) is 9.59 Å². The van der Waals surface area contributed by atoms with Crippen LogP contribution in [-0.4, -0.2) is 107 Å². The number of fused-ring (bicyclic) bond motifs is 1. The zero-order valence-electron chi connectivity index (χ0n) is 21.7. The number of piperazine rings is 1. The molecule has 12 heteroatoms. The minimum atomic E-state index is 0.00686. The van der Waals surface area contributed by atoms with E-state index in [1.54, 1.807) is 27.5 Å². The molecule has 202 valence electrons. The lowest BCUT2D eigenvalue weighted by atomic mass is 10.0. The third kappa shape index (κ3) is 5.86. The van der Waals surface area contributed by atoms with Gasteiger partial charge in [-0.3, -0.25) is 9.59 Å². The second-order valence-electron chi connectivity index (χ2n) is 9.87. The number of carbonyl (C=O) groups is 2. The Hall–Kier alpha value is -2.97. The molecule has 2 aliphatic rings. The molecule has 1 aromatic carbocycles. The minimum Gasteiger partial charge on any atom is -0.365 e. The maximum absolute atomic E-state index is 13.0. The summed E-state index contributed by atoms with van der Waals surface area (Å²) in [7, 11) is 4.02. The number of hydrogen-bond acceptors (Lipinski definition) is 8. The van der Waals surface area contributed by atoms with E-state index in [4.69, 9.17) is 8.05 Å². The number of piperidine rings is 1. The summed E-state index contributed by atoms with van der Waals surface area (Å²) in [5.74, 6) is 0.533. The Bertz CT molecular complexity index is 1270. The molecule has 4 heterocycles. The molecule has 0 unspecified atom stereocenters. The summed E-state index contributed by atoms with van der Waals surface area (Å²) in [4.78, 5) is 38.1. The Morgan fingerprint density at radius 1 is 1.08 bits per heavy atom. The van der Waals surface area contributed by atoms with Crippen LogP contribution < -0.4 is 10.2 Å². The van der Waals surface area contributed by atoms with Gasteiger partial charge in [0.15, 0.2) is 5.65 Å². The largest absolute Gasteiger partial charge is 0.365 e. The Morgan fingerprint density at radius 3 is 2.47 bits per heavy atom. The fraction of sp³-hybridized carbons (Fsp3) is 0.462. The Kier molecular flexibility index (Phi) is 8.29. The molecule has 5 rings (SSSR count). The van der Waals surface area contributed by atoms with Gasteiger partial charge < -0.3 is 28.0 Å². The van der Waals surface area contributed by atoms with Gasteiger partial charge in [0.05, 0.1) is 5.69 Å². The van der Waals surface area contributed by atoms with Gasteiger partial charge in [-0.1, -0.05) is 0 Å². The topological polar surface area (TPSA) is 98.6 Å². The van der Waals surface area contributed by atoms with Crippen molar-refractivity contribution in [3.05, 3.63) is 48.2 Å². The number of nitrogens with zero attached hydrogens (tertiary/aromatic N) is 7. The molecule has 0 saturated carbocycles. The lowest BCUT2D eigenvalue weighted by molar-refractivity contribution is -0.132. The Labute approximate surface area is 236 Å². The number of rotatable bonds is 7. The van der Waals surface area contributed by atoms with Crippen LogP contribution in [0.1, 0.15) is 23.2 Å². The molecule has 2 saturated heterocycles. The standard InChI is InChI=1S/C26H33IN8O3/c1-31-12-9-21(10-13-31)32(2)25(37)19-5-7-20(8-6-19)28-26-29-24-22(4-3-11-35(24)30-26)33-14-16-34(17-15-33)23(36)18-38-27/h3-8,11,21H,9-10,12-18H2,1-2H3,(H,28,30). The highest BCUT2D eigenvalue weighted by Gasteiger charge is 2.25. The molecule has 0 spiro atoms. The highest BCUT2D eigenvalue weighted by Crippen LogP contribution is 2.24. The molecular weight excluding hydrogens is 599 g/mol. The van der Waals surface area contributed by atoms with Crippen LogP contribution in [0.4, 0.5) is 17.3 Å². The SMILES string of the molecule is CN1CCC(N(C)C(=O)c2ccc(Nc3nc4c(N5CCN(C(=O)COI)CC5)cccn4n3)cc2)CC1. The number of likely N-dealkylation sites (tertiary alicyclic amines) is 1. The van der Waals surface area contributed by atoms with Gasteiger partial charge in [-0.2, -0.15) is 4.98 Å². The second kappa shape index (κ2) is 11.8. The molecule has 0 radical (unpaired) electrons.